The normalized spacial score (nSPS) is 27.7. The molecule has 126 valence electrons. The van der Waals surface area contributed by atoms with Gasteiger partial charge in [-0.15, -0.1) is 0 Å². The summed E-state index contributed by atoms with van der Waals surface area (Å²) < 4.78 is 0. The molecule has 0 radical (unpaired) electrons. The van der Waals surface area contributed by atoms with Crippen molar-refractivity contribution < 1.29 is 4.79 Å². The second kappa shape index (κ2) is 7.42. The summed E-state index contributed by atoms with van der Waals surface area (Å²) >= 11 is 12.1. The van der Waals surface area contributed by atoms with E-state index in [1.165, 1.54) is 12.8 Å². The number of nitrogens with one attached hydrogen (secondary N) is 2. The minimum absolute atomic E-state index is 0.0691. The molecule has 2 N–H and O–H groups in total. The molecule has 2 heterocycles. The Bertz CT molecular complexity index is 566. The number of hydrogen-bond acceptors (Lipinski definition) is 2. The van der Waals surface area contributed by atoms with Gasteiger partial charge in [0, 0.05) is 34.6 Å². The fraction of sp³-hybridized carbons (Fsp3) is 0.611. The van der Waals surface area contributed by atoms with Crippen LogP contribution in [0.4, 0.5) is 0 Å². The van der Waals surface area contributed by atoms with E-state index in [0.717, 1.165) is 24.8 Å². The molecule has 5 heteroatoms. The van der Waals surface area contributed by atoms with Crippen molar-refractivity contribution in [1.82, 2.24) is 10.6 Å². The largest absolute Gasteiger partial charge is 0.353 e. The average molecular weight is 355 g/mol. The molecule has 23 heavy (non-hydrogen) atoms. The van der Waals surface area contributed by atoms with Crippen LogP contribution in [0.5, 0.6) is 0 Å². The molecule has 2 saturated heterocycles. The van der Waals surface area contributed by atoms with Gasteiger partial charge >= 0.3 is 0 Å². The number of amides is 1. The van der Waals surface area contributed by atoms with Crippen molar-refractivity contribution in [1.29, 1.82) is 0 Å². The zero-order chi connectivity index (χ0) is 16.4. The van der Waals surface area contributed by atoms with Crippen LogP contribution in [0.25, 0.3) is 0 Å². The predicted octanol–water partition coefficient (Wildman–Crippen LogP) is 3.96. The number of carbonyl (C=O) groups is 1. The summed E-state index contributed by atoms with van der Waals surface area (Å²) in [4.78, 5) is 12.3. The van der Waals surface area contributed by atoms with E-state index >= 15 is 0 Å². The third-order valence-electron chi connectivity index (χ3n) is 4.99. The van der Waals surface area contributed by atoms with Crippen LogP contribution in [0.3, 0.4) is 0 Å². The van der Waals surface area contributed by atoms with E-state index in [9.17, 15) is 4.79 Å². The third-order valence-corrected chi connectivity index (χ3v) is 5.58. The van der Waals surface area contributed by atoms with Gasteiger partial charge in [0.25, 0.3) is 0 Å². The molecule has 1 aromatic rings. The standard InChI is InChI=1S/C18H24Cl2N2O/c1-11(6-13-2-3-14(19)10-17(13)20)21-18(23)9-12-7-15-4-5-16(8-12)22-15/h2-3,10-12,15-16,22H,4-9H2,1H3,(H,21,23). The minimum Gasteiger partial charge on any atom is -0.353 e. The molecule has 3 atom stereocenters. The highest BCUT2D eigenvalue weighted by atomic mass is 35.5. The molecule has 3 rings (SSSR count). The van der Waals surface area contributed by atoms with Crippen LogP contribution in [0.15, 0.2) is 18.2 Å². The lowest BCUT2D eigenvalue weighted by Crippen LogP contribution is -2.41. The number of benzene rings is 1. The van der Waals surface area contributed by atoms with Crippen LogP contribution in [-0.2, 0) is 11.2 Å². The van der Waals surface area contributed by atoms with Gasteiger partial charge < -0.3 is 10.6 Å². The van der Waals surface area contributed by atoms with Crippen molar-refractivity contribution in [3.8, 4) is 0 Å². The Morgan fingerprint density at radius 1 is 1.30 bits per heavy atom. The fourth-order valence-corrected chi connectivity index (χ4v) is 4.49. The second-order valence-corrected chi connectivity index (χ2v) is 7.93. The van der Waals surface area contributed by atoms with E-state index in [4.69, 9.17) is 23.2 Å². The Labute approximate surface area is 148 Å². The van der Waals surface area contributed by atoms with E-state index < -0.39 is 0 Å². The molecule has 0 spiro atoms. The van der Waals surface area contributed by atoms with Gasteiger partial charge in [-0.1, -0.05) is 29.3 Å². The lowest BCUT2D eigenvalue weighted by Gasteiger charge is -2.29. The van der Waals surface area contributed by atoms with Crippen molar-refractivity contribution in [2.75, 3.05) is 0 Å². The zero-order valence-electron chi connectivity index (χ0n) is 13.4. The topological polar surface area (TPSA) is 41.1 Å². The van der Waals surface area contributed by atoms with Gasteiger partial charge in [0.1, 0.15) is 0 Å². The number of rotatable bonds is 5. The zero-order valence-corrected chi connectivity index (χ0v) is 15.0. The molecule has 2 aliphatic heterocycles. The molecule has 3 nitrogen and oxygen atoms in total. The molecule has 2 bridgehead atoms. The summed E-state index contributed by atoms with van der Waals surface area (Å²) in [5.41, 5.74) is 1.02. The summed E-state index contributed by atoms with van der Waals surface area (Å²) in [6.07, 6.45) is 6.19. The fourth-order valence-electron chi connectivity index (χ4n) is 4.01. The molecule has 0 saturated carbocycles. The van der Waals surface area contributed by atoms with Crippen molar-refractivity contribution in [2.45, 2.75) is 63.6 Å². The highest BCUT2D eigenvalue weighted by Crippen LogP contribution is 2.32. The third kappa shape index (κ3) is 4.62. The van der Waals surface area contributed by atoms with Gasteiger partial charge in [0.05, 0.1) is 0 Å². The van der Waals surface area contributed by atoms with Crippen molar-refractivity contribution in [2.24, 2.45) is 5.92 Å². The smallest absolute Gasteiger partial charge is 0.220 e. The van der Waals surface area contributed by atoms with E-state index in [1.54, 1.807) is 6.07 Å². The Kier molecular flexibility index (Phi) is 5.50. The maximum Gasteiger partial charge on any atom is 0.220 e. The van der Waals surface area contributed by atoms with Gasteiger partial charge in [0.2, 0.25) is 5.91 Å². The molecular weight excluding hydrogens is 331 g/mol. The SMILES string of the molecule is CC(Cc1ccc(Cl)cc1Cl)NC(=O)CC1CC2CCC(C1)N2. The number of piperidine rings is 1. The van der Waals surface area contributed by atoms with Crippen LogP contribution >= 0.6 is 23.2 Å². The summed E-state index contributed by atoms with van der Waals surface area (Å²) in [6, 6.07) is 6.85. The van der Waals surface area contributed by atoms with E-state index in [1.807, 2.05) is 19.1 Å². The first-order valence-corrected chi connectivity index (χ1v) is 9.24. The monoisotopic (exact) mass is 354 g/mol. The van der Waals surface area contributed by atoms with Crippen molar-refractivity contribution >= 4 is 29.1 Å². The lowest BCUT2D eigenvalue weighted by atomic mass is 9.89. The summed E-state index contributed by atoms with van der Waals surface area (Å²) in [5.74, 6) is 0.689. The highest BCUT2D eigenvalue weighted by Gasteiger charge is 2.34. The number of halogens is 2. The highest BCUT2D eigenvalue weighted by molar-refractivity contribution is 6.35. The molecule has 1 aromatic carbocycles. The average Bonchev–Trinajstić information content (AvgIpc) is 2.81. The lowest BCUT2D eigenvalue weighted by molar-refractivity contribution is -0.122. The Hall–Kier alpha value is -0.770. The van der Waals surface area contributed by atoms with Gasteiger partial charge in [-0.05, 0) is 62.6 Å². The second-order valence-electron chi connectivity index (χ2n) is 7.09. The van der Waals surface area contributed by atoms with Gasteiger partial charge in [0.15, 0.2) is 0 Å². The van der Waals surface area contributed by atoms with Crippen molar-refractivity contribution in [3.05, 3.63) is 33.8 Å². The Balaban J connectivity index is 1.47. The quantitative estimate of drug-likeness (QED) is 0.839. The summed E-state index contributed by atoms with van der Waals surface area (Å²) in [7, 11) is 0. The summed E-state index contributed by atoms with van der Waals surface area (Å²) in [6.45, 7) is 2.02. The van der Waals surface area contributed by atoms with E-state index in [0.29, 0.717) is 34.5 Å². The summed E-state index contributed by atoms with van der Waals surface area (Å²) in [5, 5.41) is 8.03. The van der Waals surface area contributed by atoms with Gasteiger partial charge in [-0.25, -0.2) is 0 Å². The molecule has 1 amide bonds. The number of fused-ring (bicyclic) bond motifs is 2. The number of carbonyl (C=O) groups excluding carboxylic acids is 1. The first-order chi connectivity index (χ1) is 11.0. The van der Waals surface area contributed by atoms with E-state index in [-0.39, 0.29) is 11.9 Å². The molecule has 2 aliphatic rings. The molecule has 3 unspecified atom stereocenters. The van der Waals surface area contributed by atoms with Crippen LogP contribution in [-0.4, -0.2) is 24.0 Å². The Morgan fingerprint density at radius 3 is 2.65 bits per heavy atom. The minimum atomic E-state index is 0.0691. The maximum absolute atomic E-state index is 12.3. The first-order valence-electron chi connectivity index (χ1n) is 8.49. The molecule has 0 aliphatic carbocycles. The molecular formula is C18H24Cl2N2O. The van der Waals surface area contributed by atoms with Gasteiger partial charge in [-0.2, -0.15) is 0 Å². The Morgan fingerprint density at radius 2 is 2.00 bits per heavy atom. The number of hydrogen-bond donors (Lipinski definition) is 2. The van der Waals surface area contributed by atoms with Gasteiger partial charge in [-0.3, -0.25) is 4.79 Å². The van der Waals surface area contributed by atoms with Crippen molar-refractivity contribution in [3.63, 3.8) is 0 Å². The maximum atomic E-state index is 12.3. The first kappa shape index (κ1) is 17.1. The molecule has 2 fully saturated rings. The predicted molar refractivity (Wildman–Crippen MR) is 95.1 cm³/mol. The van der Waals surface area contributed by atoms with Crippen LogP contribution in [0.1, 0.15) is 44.6 Å². The molecule has 0 aromatic heterocycles. The van der Waals surface area contributed by atoms with Crippen LogP contribution in [0, 0.1) is 5.92 Å². The van der Waals surface area contributed by atoms with Crippen LogP contribution in [0.2, 0.25) is 10.0 Å². The van der Waals surface area contributed by atoms with Crippen LogP contribution < -0.4 is 10.6 Å². The van der Waals surface area contributed by atoms with E-state index in [2.05, 4.69) is 10.6 Å².